The first-order chi connectivity index (χ1) is 8.20. The van der Waals surface area contributed by atoms with Crippen LogP contribution in [0.4, 0.5) is 5.95 Å². The number of carbonyl (C=O) groups excluding carboxylic acids is 1. The molecule has 7 nitrogen and oxygen atoms in total. The van der Waals surface area contributed by atoms with Gasteiger partial charge in [-0.15, -0.1) is 11.3 Å². The second-order valence-corrected chi connectivity index (χ2v) is 4.27. The number of hydrogen-bond acceptors (Lipinski definition) is 6. The summed E-state index contributed by atoms with van der Waals surface area (Å²) in [6.07, 6.45) is 2.05. The predicted molar refractivity (Wildman–Crippen MR) is 63.8 cm³/mol. The highest BCUT2D eigenvalue weighted by molar-refractivity contribution is 7.09. The molecular weight excluding hydrogens is 240 g/mol. The fourth-order valence-corrected chi connectivity index (χ4v) is 2.02. The normalized spacial score (nSPS) is 10.5. The molecule has 0 aliphatic heterocycles. The monoisotopic (exact) mass is 252 g/mol. The maximum absolute atomic E-state index is 11.8. The fourth-order valence-electron chi connectivity index (χ4n) is 1.23. The van der Waals surface area contributed by atoms with Gasteiger partial charge in [-0.25, -0.2) is 9.67 Å². The Morgan fingerprint density at radius 2 is 2.47 bits per heavy atom. The van der Waals surface area contributed by atoms with Gasteiger partial charge in [0.1, 0.15) is 12.0 Å². The van der Waals surface area contributed by atoms with E-state index in [-0.39, 0.29) is 5.91 Å². The topological polar surface area (TPSA) is 98.7 Å². The summed E-state index contributed by atoms with van der Waals surface area (Å²) in [6.45, 7) is 0.526. The molecule has 0 aliphatic rings. The number of amides is 1. The number of thiazole rings is 1. The average molecular weight is 252 g/mol. The van der Waals surface area contributed by atoms with Gasteiger partial charge in [-0.3, -0.25) is 10.1 Å². The van der Waals surface area contributed by atoms with Crippen LogP contribution in [0.25, 0.3) is 0 Å². The Kier molecular flexibility index (Phi) is 3.45. The van der Waals surface area contributed by atoms with Crippen molar-refractivity contribution >= 4 is 23.2 Å². The summed E-state index contributed by atoms with van der Waals surface area (Å²) in [5.74, 6) is 0.101. The van der Waals surface area contributed by atoms with Gasteiger partial charge in [-0.2, -0.15) is 10.1 Å². The molecule has 2 aromatic rings. The Balaban J connectivity index is 2.07. The van der Waals surface area contributed by atoms with Crippen LogP contribution < -0.4 is 11.1 Å². The summed E-state index contributed by atoms with van der Waals surface area (Å²) in [7, 11) is 1.70. The standard InChI is InChI=1S/C9H12N6OS/c1-15-9(11-5-12-15)14-8(16)6-4-17-7(13-6)2-3-10/h4-5H,2-3,10H2,1H3,(H,11,12,14,16). The number of nitrogens with zero attached hydrogens (tertiary/aromatic N) is 4. The van der Waals surface area contributed by atoms with Gasteiger partial charge < -0.3 is 5.73 Å². The summed E-state index contributed by atoms with van der Waals surface area (Å²) >= 11 is 1.42. The largest absolute Gasteiger partial charge is 0.330 e. The molecule has 2 heterocycles. The van der Waals surface area contributed by atoms with Gasteiger partial charge >= 0.3 is 0 Å². The van der Waals surface area contributed by atoms with Gasteiger partial charge in [0.05, 0.1) is 5.01 Å². The van der Waals surface area contributed by atoms with Crippen molar-refractivity contribution in [3.63, 3.8) is 0 Å². The van der Waals surface area contributed by atoms with Crippen molar-refractivity contribution in [2.75, 3.05) is 11.9 Å². The van der Waals surface area contributed by atoms with E-state index in [2.05, 4.69) is 20.4 Å². The molecule has 0 spiro atoms. The molecule has 2 rings (SSSR count). The van der Waals surface area contributed by atoms with Gasteiger partial charge in [0.25, 0.3) is 5.91 Å². The second-order valence-electron chi connectivity index (χ2n) is 3.33. The second kappa shape index (κ2) is 5.02. The lowest BCUT2D eigenvalue weighted by atomic mass is 10.4. The third kappa shape index (κ3) is 2.66. The van der Waals surface area contributed by atoms with E-state index >= 15 is 0 Å². The molecule has 0 bridgehead atoms. The molecule has 0 atom stereocenters. The third-order valence-electron chi connectivity index (χ3n) is 2.08. The van der Waals surface area contributed by atoms with Crippen molar-refractivity contribution in [2.24, 2.45) is 12.8 Å². The summed E-state index contributed by atoms with van der Waals surface area (Å²) in [4.78, 5) is 19.9. The van der Waals surface area contributed by atoms with Crippen molar-refractivity contribution < 1.29 is 4.79 Å². The lowest BCUT2D eigenvalue weighted by Crippen LogP contribution is -2.16. The van der Waals surface area contributed by atoms with Gasteiger partial charge in [0.2, 0.25) is 5.95 Å². The zero-order valence-corrected chi connectivity index (χ0v) is 10.1. The molecule has 90 valence electrons. The van der Waals surface area contributed by atoms with Crippen molar-refractivity contribution in [2.45, 2.75) is 6.42 Å². The molecule has 3 N–H and O–H groups in total. The van der Waals surface area contributed by atoms with Crippen LogP contribution >= 0.6 is 11.3 Å². The van der Waals surface area contributed by atoms with E-state index in [0.29, 0.717) is 24.6 Å². The minimum Gasteiger partial charge on any atom is -0.330 e. The maximum Gasteiger partial charge on any atom is 0.277 e. The van der Waals surface area contributed by atoms with Crippen LogP contribution in [0.1, 0.15) is 15.5 Å². The van der Waals surface area contributed by atoms with Crippen LogP contribution in [0.5, 0.6) is 0 Å². The zero-order valence-electron chi connectivity index (χ0n) is 9.25. The van der Waals surface area contributed by atoms with Crippen LogP contribution in [-0.4, -0.2) is 32.2 Å². The van der Waals surface area contributed by atoms with E-state index in [0.717, 1.165) is 5.01 Å². The number of hydrogen-bond donors (Lipinski definition) is 2. The van der Waals surface area contributed by atoms with Gasteiger partial charge in [0.15, 0.2) is 0 Å². The van der Waals surface area contributed by atoms with Crippen LogP contribution in [-0.2, 0) is 13.5 Å². The predicted octanol–water partition coefficient (Wildman–Crippen LogP) is 0.0251. The number of rotatable bonds is 4. The van der Waals surface area contributed by atoms with Crippen molar-refractivity contribution in [1.82, 2.24) is 19.7 Å². The van der Waals surface area contributed by atoms with Crippen LogP contribution in [0.3, 0.4) is 0 Å². The Morgan fingerprint density at radius 3 is 3.12 bits per heavy atom. The van der Waals surface area contributed by atoms with E-state index in [9.17, 15) is 4.79 Å². The highest BCUT2D eigenvalue weighted by Crippen LogP contribution is 2.11. The molecular formula is C9H12N6OS. The first-order valence-electron chi connectivity index (χ1n) is 5.00. The van der Waals surface area contributed by atoms with Gasteiger partial charge in [0, 0.05) is 18.8 Å². The molecule has 8 heteroatoms. The maximum atomic E-state index is 11.8. The van der Waals surface area contributed by atoms with Crippen molar-refractivity contribution in [3.05, 3.63) is 22.4 Å². The number of nitrogens with two attached hydrogens (primary N) is 1. The minimum absolute atomic E-state index is 0.291. The van der Waals surface area contributed by atoms with Crippen molar-refractivity contribution in [3.8, 4) is 0 Å². The number of aryl methyl sites for hydroxylation is 1. The lowest BCUT2D eigenvalue weighted by molar-refractivity contribution is 0.102. The molecule has 17 heavy (non-hydrogen) atoms. The van der Waals surface area contributed by atoms with E-state index in [4.69, 9.17) is 5.73 Å². The molecule has 0 radical (unpaired) electrons. The molecule has 1 amide bonds. The fraction of sp³-hybridized carbons (Fsp3) is 0.333. The Hall–Kier alpha value is -1.80. The zero-order chi connectivity index (χ0) is 12.3. The molecule has 0 saturated carbocycles. The van der Waals surface area contributed by atoms with Gasteiger partial charge in [-0.05, 0) is 6.54 Å². The van der Waals surface area contributed by atoms with E-state index in [1.807, 2.05) is 0 Å². The molecule has 2 aromatic heterocycles. The minimum atomic E-state index is -0.291. The van der Waals surface area contributed by atoms with E-state index < -0.39 is 0 Å². The SMILES string of the molecule is Cn1ncnc1NC(=O)c1csc(CCN)n1. The third-order valence-corrected chi connectivity index (χ3v) is 2.99. The Bertz CT molecular complexity index is 519. The Labute approximate surface area is 102 Å². The summed E-state index contributed by atoms with van der Waals surface area (Å²) in [5.41, 5.74) is 5.80. The molecule has 0 aromatic carbocycles. The number of nitrogens with one attached hydrogen (secondary N) is 1. The van der Waals surface area contributed by atoms with Crippen molar-refractivity contribution in [1.29, 1.82) is 0 Å². The summed E-state index contributed by atoms with van der Waals surface area (Å²) in [5, 5.41) is 9.04. The number of aromatic nitrogens is 4. The van der Waals surface area contributed by atoms with Gasteiger partial charge in [-0.1, -0.05) is 0 Å². The Morgan fingerprint density at radius 1 is 1.65 bits per heavy atom. The first-order valence-corrected chi connectivity index (χ1v) is 5.88. The van der Waals surface area contributed by atoms with E-state index in [1.54, 1.807) is 12.4 Å². The summed E-state index contributed by atoms with van der Waals surface area (Å²) < 4.78 is 1.48. The summed E-state index contributed by atoms with van der Waals surface area (Å²) in [6, 6.07) is 0. The number of carbonyl (C=O) groups is 1. The van der Waals surface area contributed by atoms with Crippen LogP contribution in [0.2, 0.25) is 0 Å². The quantitative estimate of drug-likeness (QED) is 0.799. The molecule has 0 unspecified atom stereocenters. The molecule has 0 fully saturated rings. The number of anilines is 1. The lowest BCUT2D eigenvalue weighted by Gasteiger charge is -2.00. The van der Waals surface area contributed by atoms with Crippen LogP contribution in [0.15, 0.2) is 11.7 Å². The highest BCUT2D eigenvalue weighted by Gasteiger charge is 2.12. The molecule has 0 saturated heterocycles. The van der Waals surface area contributed by atoms with E-state index in [1.165, 1.54) is 22.3 Å². The highest BCUT2D eigenvalue weighted by atomic mass is 32.1. The smallest absolute Gasteiger partial charge is 0.277 e. The van der Waals surface area contributed by atoms with Crippen LogP contribution in [0, 0.1) is 0 Å². The first kappa shape index (κ1) is 11.7. The average Bonchev–Trinajstić information content (AvgIpc) is 2.90. The molecule has 0 aliphatic carbocycles.